The summed E-state index contributed by atoms with van der Waals surface area (Å²) in [5, 5.41) is 2.68. The van der Waals surface area contributed by atoms with Crippen LogP contribution in [0.4, 0.5) is 0 Å². The number of hydrogen-bond acceptors (Lipinski definition) is 5. The molecule has 7 nitrogen and oxygen atoms in total. The van der Waals surface area contributed by atoms with Gasteiger partial charge in [0.1, 0.15) is 17.2 Å². The van der Waals surface area contributed by atoms with Gasteiger partial charge in [-0.15, -0.1) is 0 Å². The molecule has 0 unspecified atom stereocenters. The quantitative estimate of drug-likeness (QED) is 0.667. The van der Waals surface area contributed by atoms with Gasteiger partial charge in [0.25, 0.3) is 15.9 Å². The normalized spacial score (nSPS) is 14.7. The van der Waals surface area contributed by atoms with Crippen molar-refractivity contribution in [3.63, 3.8) is 0 Å². The third-order valence-electron chi connectivity index (χ3n) is 4.43. The first-order valence-electron chi connectivity index (χ1n) is 9.47. The highest BCUT2D eigenvalue weighted by Crippen LogP contribution is 2.29. The van der Waals surface area contributed by atoms with Crippen LogP contribution in [0.25, 0.3) is 0 Å². The first-order valence-corrected chi connectivity index (χ1v) is 10.9. The second-order valence-corrected chi connectivity index (χ2v) is 8.91. The van der Waals surface area contributed by atoms with Crippen molar-refractivity contribution >= 4 is 21.8 Å². The second kappa shape index (κ2) is 8.65. The van der Waals surface area contributed by atoms with E-state index in [-0.39, 0.29) is 16.6 Å². The summed E-state index contributed by atoms with van der Waals surface area (Å²) >= 11 is 0. The minimum absolute atomic E-state index is 0.0544. The summed E-state index contributed by atoms with van der Waals surface area (Å²) in [6.07, 6.45) is 1.51. The smallest absolute Gasteiger partial charge is 0.269 e. The van der Waals surface area contributed by atoms with Crippen LogP contribution in [0, 0.1) is 0 Å². The molecule has 8 heteroatoms. The van der Waals surface area contributed by atoms with Crippen molar-refractivity contribution in [1.82, 2.24) is 9.62 Å². The van der Waals surface area contributed by atoms with Crippen LogP contribution in [-0.2, 0) is 21.2 Å². The number of sulfonamides is 1. The lowest BCUT2D eigenvalue weighted by atomic mass is 10.1. The highest BCUT2D eigenvalue weighted by molar-refractivity contribution is 7.90. The lowest BCUT2D eigenvalue weighted by Gasteiger charge is -2.15. The largest absolute Gasteiger partial charge is 0.491 e. The van der Waals surface area contributed by atoms with Crippen molar-refractivity contribution in [2.75, 3.05) is 13.1 Å². The van der Waals surface area contributed by atoms with E-state index in [4.69, 9.17) is 4.74 Å². The summed E-state index contributed by atoms with van der Waals surface area (Å²) in [5.41, 5.74) is 1.19. The highest BCUT2D eigenvalue weighted by atomic mass is 32.2. The summed E-state index contributed by atoms with van der Waals surface area (Å²) in [6.45, 7) is 3.79. The first kappa shape index (κ1) is 20.9. The molecule has 0 bridgehead atoms. The van der Waals surface area contributed by atoms with Gasteiger partial charge >= 0.3 is 0 Å². The summed E-state index contributed by atoms with van der Waals surface area (Å²) in [7, 11) is -3.97. The molecule has 0 radical (unpaired) electrons. The Morgan fingerprint density at radius 1 is 1.14 bits per heavy atom. The zero-order valence-corrected chi connectivity index (χ0v) is 17.2. The molecule has 0 aromatic heterocycles. The maximum absolute atomic E-state index is 12.5. The van der Waals surface area contributed by atoms with E-state index in [0.717, 1.165) is 17.7 Å². The number of hydrogen-bond donors (Lipinski definition) is 1. The third kappa shape index (κ3) is 4.76. The van der Waals surface area contributed by atoms with E-state index in [2.05, 4.69) is 5.32 Å². The third-order valence-corrected chi connectivity index (χ3v) is 6.22. The van der Waals surface area contributed by atoms with Crippen molar-refractivity contribution in [2.24, 2.45) is 0 Å². The molecule has 1 heterocycles. The Kier molecular flexibility index (Phi) is 6.22. The van der Waals surface area contributed by atoms with Gasteiger partial charge in [0, 0.05) is 6.54 Å². The van der Waals surface area contributed by atoms with Crippen molar-refractivity contribution in [3.8, 4) is 5.75 Å². The molecule has 1 N–H and O–H groups in total. The molecule has 0 spiro atoms. The Bertz CT molecular complexity index is 1020. The van der Waals surface area contributed by atoms with Crippen LogP contribution in [0.3, 0.4) is 0 Å². The number of ether oxygens (including phenoxy) is 1. The summed E-state index contributed by atoms with van der Waals surface area (Å²) in [5.74, 6) is -0.372. The van der Waals surface area contributed by atoms with Crippen LogP contribution >= 0.6 is 0 Å². The lowest BCUT2D eigenvalue weighted by molar-refractivity contribution is -0.121. The van der Waals surface area contributed by atoms with Gasteiger partial charge in [-0.3, -0.25) is 9.59 Å². The van der Waals surface area contributed by atoms with Crippen LogP contribution in [-0.4, -0.2) is 43.7 Å². The number of carbonyl (C=O) groups is 2. The average molecular weight is 416 g/mol. The fourth-order valence-electron chi connectivity index (χ4n) is 3.14. The number of carbonyl (C=O) groups excluding carboxylic acids is 2. The number of benzene rings is 2. The SMILES string of the molecule is CC(C)Oc1cccc(CCCNC(=O)CN2C(=O)c3ccccc3S2(=O)=O)c1. The molecular weight excluding hydrogens is 392 g/mol. The van der Waals surface area contributed by atoms with Crippen molar-refractivity contribution < 1.29 is 22.7 Å². The zero-order valence-electron chi connectivity index (χ0n) is 16.4. The topological polar surface area (TPSA) is 92.8 Å². The summed E-state index contributed by atoms with van der Waals surface area (Å²) in [6, 6.07) is 13.7. The van der Waals surface area contributed by atoms with Crippen LogP contribution in [0.2, 0.25) is 0 Å². The minimum atomic E-state index is -3.97. The molecule has 1 aliphatic rings. The zero-order chi connectivity index (χ0) is 21.0. The molecule has 0 aliphatic carbocycles. The van der Waals surface area contributed by atoms with Crippen molar-refractivity contribution in [2.45, 2.75) is 37.7 Å². The molecule has 2 aromatic carbocycles. The molecule has 154 valence electrons. The summed E-state index contributed by atoms with van der Waals surface area (Å²) < 4.78 is 31.2. The monoisotopic (exact) mass is 416 g/mol. The molecular formula is C21H24N2O5S. The molecule has 29 heavy (non-hydrogen) atoms. The molecule has 1 aliphatic heterocycles. The Hall–Kier alpha value is -2.87. The highest BCUT2D eigenvalue weighted by Gasteiger charge is 2.41. The van der Waals surface area contributed by atoms with E-state index >= 15 is 0 Å². The Labute approximate surface area is 170 Å². The number of rotatable bonds is 8. The van der Waals surface area contributed by atoms with Gasteiger partial charge in [-0.2, -0.15) is 0 Å². The number of nitrogens with one attached hydrogen (secondary N) is 1. The van der Waals surface area contributed by atoms with E-state index in [1.807, 2.05) is 38.1 Å². The van der Waals surface area contributed by atoms with Gasteiger partial charge in [-0.25, -0.2) is 12.7 Å². The number of amides is 2. The van der Waals surface area contributed by atoms with Gasteiger partial charge in [0.05, 0.1) is 11.7 Å². The molecule has 2 amide bonds. The van der Waals surface area contributed by atoms with Crippen LogP contribution in [0.1, 0.15) is 36.2 Å². The number of aryl methyl sites for hydroxylation is 1. The van der Waals surface area contributed by atoms with E-state index in [1.54, 1.807) is 12.1 Å². The molecule has 0 saturated heterocycles. The second-order valence-electron chi connectivity index (χ2n) is 7.08. The van der Waals surface area contributed by atoms with Crippen LogP contribution in [0.15, 0.2) is 53.4 Å². The van der Waals surface area contributed by atoms with Crippen LogP contribution in [0.5, 0.6) is 5.75 Å². The maximum atomic E-state index is 12.5. The average Bonchev–Trinajstić information content (AvgIpc) is 2.86. The lowest BCUT2D eigenvalue weighted by Crippen LogP contribution is -2.40. The van der Waals surface area contributed by atoms with Crippen molar-refractivity contribution in [1.29, 1.82) is 0 Å². The van der Waals surface area contributed by atoms with Gasteiger partial charge in [0.2, 0.25) is 5.91 Å². The van der Waals surface area contributed by atoms with Crippen LogP contribution < -0.4 is 10.1 Å². The Morgan fingerprint density at radius 3 is 2.62 bits per heavy atom. The molecule has 3 rings (SSSR count). The molecule has 2 aromatic rings. The number of fused-ring (bicyclic) bond motifs is 1. The predicted octanol–water partition coefficient (Wildman–Crippen LogP) is 2.37. The van der Waals surface area contributed by atoms with Gasteiger partial charge < -0.3 is 10.1 Å². The summed E-state index contributed by atoms with van der Waals surface area (Å²) in [4.78, 5) is 24.5. The first-order chi connectivity index (χ1) is 13.8. The van der Waals surface area contributed by atoms with E-state index in [1.165, 1.54) is 12.1 Å². The van der Waals surface area contributed by atoms with E-state index in [9.17, 15) is 18.0 Å². The maximum Gasteiger partial charge on any atom is 0.269 e. The van der Waals surface area contributed by atoms with E-state index < -0.39 is 28.4 Å². The number of nitrogens with zero attached hydrogens (tertiary/aromatic N) is 1. The van der Waals surface area contributed by atoms with Gasteiger partial charge in [-0.05, 0) is 56.5 Å². The molecule has 0 fully saturated rings. The predicted molar refractivity (Wildman–Crippen MR) is 108 cm³/mol. The van der Waals surface area contributed by atoms with Gasteiger partial charge in [-0.1, -0.05) is 24.3 Å². The Morgan fingerprint density at radius 2 is 1.90 bits per heavy atom. The molecule has 0 atom stereocenters. The van der Waals surface area contributed by atoms with Gasteiger partial charge in [0.15, 0.2) is 0 Å². The standard InChI is InChI=1S/C21H24N2O5S/c1-15(2)28-17-9-5-7-16(13-17)8-6-12-22-20(24)14-23-21(25)18-10-3-4-11-19(18)29(23,26)27/h3-5,7,9-11,13,15H,6,8,12,14H2,1-2H3,(H,22,24). The van der Waals surface area contributed by atoms with Crippen molar-refractivity contribution in [3.05, 3.63) is 59.7 Å². The minimum Gasteiger partial charge on any atom is -0.491 e. The van der Waals surface area contributed by atoms with E-state index in [0.29, 0.717) is 17.3 Å². The molecule has 0 saturated carbocycles. The Balaban J connectivity index is 1.50. The fourth-order valence-corrected chi connectivity index (χ4v) is 4.67. The fraction of sp³-hybridized carbons (Fsp3) is 0.333.